The molecule has 0 saturated heterocycles. The van der Waals surface area contributed by atoms with Crippen LogP contribution in [0.15, 0.2) is 24.3 Å². The van der Waals surface area contributed by atoms with Gasteiger partial charge in [0.1, 0.15) is 0 Å². The van der Waals surface area contributed by atoms with Crippen LogP contribution in [0.4, 0.5) is 0 Å². The van der Waals surface area contributed by atoms with Crippen LogP contribution in [-0.2, 0) is 18.4 Å². The molecule has 0 N–H and O–H groups in total. The molecule has 2 rings (SSSR count). The average molecular weight is 632 g/mol. The molecule has 7 heteroatoms. The van der Waals surface area contributed by atoms with Gasteiger partial charge in [-0.2, -0.15) is 5.26 Å². The molecule has 0 aromatic heterocycles. The normalized spacial score (nSPS) is 25.6. The molecular weight excluding hydrogens is 567 g/mol. The minimum absolute atomic E-state index is 0.0305. The molecule has 0 aromatic rings. The largest absolute Gasteiger partial charge is 0.469 e. The number of nitrogens with zero attached hydrogens (tertiary/aromatic N) is 1. The second-order valence-corrected chi connectivity index (χ2v) is 25.9. The lowest BCUT2D eigenvalue weighted by molar-refractivity contribution is -0.140. The van der Waals surface area contributed by atoms with Crippen LogP contribution < -0.4 is 0 Å². The molecule has 246 valence electrons. The van der Waals surface area contributed by atoms with Crippen molar-refractivity contribution in [3.63, 3.8) is 0 Å². The van der Waals surface area contributed by atoms with Crippen LogP contribution in [0.1, 0.15) is 113 Å². The summed E-state index contributed by atoms with van der Waals surface area (Å²) in [6.45, 7) is 25.7. The topological polar surface area (TPSA) is 68.6 Å². The Hall–Kier alpha value is -1.21. The summed E-state index contributed by atoms with van der Waals surface area (Å²) < 4.78 is 19.0. The Balaban J connectivity index is 2.32. The Bertz CT molecular complexity index is 989. The van der Waals surface area contributed by atoms with Gasteiger partial charge in [0.05, 0.1) is 31.3 Å². The van der Waals surface area contributed by atoms with Gasteiger partial charge in [0.25, 0.3) is 0 Å². The predicted octanol–water partition coefficient (Wildman–Crippen LogP) is 10.4. The summed E-state index contributed by atoms with van der Waals surface area (Å²) in [6.07, 6.45) is 19.1. The van der Waals surface area contributed by atoms with Gasteiger partial charge < -0.3 is 13.6 Å². The molecule has 0 bridgehead atoms. The Morgan fingerprint density at radius 3 is 2.14 bits per heavy atom. The maximum atomic E-state index is 11.5. The van der Waals surface area contributed by atoms with Crippen molar-refractivity contribution in [2.24, 2.45) is 23.2 Å². The van der Waals surface area contributed by atoms with Gasteiger partial charge in [0.2, 0.25) is 0 Å². The number of rotatable bonds is 15. The first kappa shape index (κ1) is 38.0. The molecule has 0 aromatic carbocycles. The summed E-state index contributed by atoms with van der Waals surface area (Å²) in [7, 11) is -2.51. The lowest BCUT2D eigenvalue weighted by atomic mass is 9.63. The minimum atomic E-state index is -2.02. The van der Waals surface area contributed by atoms with Crippen LogP contribution in [0.3, 0.4) is 0 Å². The molecule has 2 saturated carbocycles. The van der Waals surface area contributed by atoms with Gasteiger partial charge in [-0.1, -0.05) is 79.2 Å². The summed E-state index contributed by atoms with van der Waals surface area (Å²) in [5.41, 5.74) is 0.286. The first-order chi connectivity index (χ1) is 19.8. The summed E-state index contributed by atoms with van der Waals surface area (Å²) >= 11 is 0. The van der Waals surface area contributed by atoms with Crippen LogP contribution in [0.25, 0.3) is 0 Å². The second-order valence-electron chi connectivity index (χ2n) is 16.4. The third kappa shape index (κ3) is 9.89. The molecule has 0 spiro atoms. The Kier molecular flexibility index (Phi) is 13.6. The van der Waals surface area contributed by atoms with Crippen LogP contribution in [0, 0.1) is 34.5 Å². The van der Waals surface area contributed by atoms with Crippen molar-refractivity contribution in [2.45, 2.75) is 161 Å². The SMILES string of the molecule is CCC1(C(C/C=C/[C@@H]2[C@@H](C/C=C\CCCC(=O)OC)[C@H](C#N)C[C@H]2O[Si](C)(C)C(C)(C)C)O[Si](C)(C)C(C)(C)C)CCC1. The Labute approximate surface area is 267 Å². The lowest BCUT2D eigenvalue weighted by Gasteiger charge is -2.51. The van der Waals surface area contributed by atoms with Gasteiger partial charge in [-0.25, -0.2) is 0 Å². The molecule has 0 radical (unpaired) electrons. The van der Waals surface area contributed by atoms with E-state index in [0.717, 1.165) is 32.1 Å². The number of methoxy groups -OCH3 is 1. The number of carbonyl (C=O) groups excluding carboxylic acids is 1. The molecule has 43 heavy (non-hydrogen) atoms. The van der Waals surface area contributed by atoms with Gasteiger partial charge in [0, 0.05) is 12.3 Å². The fourth-order valence-corrected chi connectivity index (χ4v) is 9.01. The quantitative estimate of drug-likeness (QED) is 0.0778. The maximum Gasteiger partial charge on any atom is 0.305 e. The molecule has 1 unspecified atom stereocenters. The van der Waals surface area contributed by atoms with Crippen LogP contribution >= 0.6 is 0 Å². The van der Waals surface area contributed by atoms with Crippen molar-refractivity contribution in [3.05, 3.63) is 24.3 Å². The van der Waals surface area contributed by atoms with Gasteiger partial charge in [-0.15, -0.1) is 0 Å². The molecule has 2 fully saturated rings. The predicted molar refractivity (Wildman–Crippen MR) is 185 cm³/mol. The van der Waals surface area contributed by atoms with Crippen molar-refractivity contribution in [1.82, 2.24) is 0 Å². The van der Waals surface area contributed by atoms with Gasteiger partial charge in [-0.05, 0) is 99.0 Å². The number of carbonyl (C=O) groups is 1. The van der Waals surface area contributed by atoms with E-state index in [4.69, 9.17) is 13.6 Å². The van der Waals surface area contributed by atoms with E-state index >= 15 is 0 Å². The fraction of sp³-hybridized carbons (Fsp3) is 0.833. The summed E-state index contributed by atoms with van der Waals surface area (Å²) in [5.74, 6) is 0.228. The van der Waals surface area contributed by atoms with Crippen molar-refractivity contribution in [3.8, 4) is 6.07 Å². The van der Waals surface area contributed by atoms with E-state index < -0.39 is 16.6 Å². The number of unbranched alkanes of at least 4 members (excludes halogenated alkanes) is 1. The molecule has 2 aliphatic carbocycles. The van der Waals surface area contributed by atoms with Gasteiger partial charge in [0.15, 0.2) is 16.6 Å². The number of hydrogen-bond donors (Lipinski definition) is 0. The number of hydrogen-bond acceptors (Lipinski definition) is 5. The highest BCUT2D eigenvalue weighted by Crippen LogP contribution is 2.52. The second kappa shape index (κ2) is 15.4. The number of ether oxygens (including phenoxy) is 1. The van der Waals surface area contributed by atoms with Gasteiger partial charge >= 0.3 is 5.97 Å². The summed E-state index contributed by atoms with van der Waals surface area (Å²) in [6, 6.07) is 2.66. The van der Waals surface area contributed by atoms with Crippen LogP contribution in [0.2, 0.25) is 36.3 Å². The zero-order valence-electron chi connectivity index (χ0n) is 29.8. The number of nitriles is 1. The number of allylic oxidation sites excluding steroid dienone is 2. The molecular formula is C36H65NO4Si2. The highest BCUT2D eigenvalue weighted by Gasteiger charge is 2.49. The number of esters is 1. The highest BCUT2D eigenvalue weighted by molar-refractivity contribution is 6.74. The third-order valence-corrected chi connectivity index (χ3v) is 20.6. The molecule has 0 aliphatic heterocycles. The average Bonchev–Trinajstić information content (AvgIpc) is 3.19. The summed E-state index contributed by atoms with van der Waals surface area (Å²) in [4.78, 5) is 11.5. The molecule has 5 atom stereocenters. The van der Waals surface area contributed by atoms with E-state index in [-0.39, 0.29) is 51.4 Å². The van der Waals surface area contributed by atoms with Crippen molar-refractivity contribution in [1.29, 1.82) is 5.26 Å². The molecule has 0 heterocycles. The van der Waals surface area contributed by atoms with E-state index in [0.29, 0.717) is 6.42 Å². The minimum Gasteiger partial charge on any atom is -0.469 e. The Morgan fingerprint density at radius 1 is 1.02 bits per heavy atom. The van der Waals surface area contributed by atoms with Crippen LogP contribution in [0.5, 0.6) is 0 Å². The van der Waals surface area contributed by atoms with E-state index in [9.17, 15) is 10.1 Å². The summed E-state index contributed by atoms with van der Waals surface area (Å²) in [5, 5.41) is 10.5. The van der Waals surface area contributed by atoms with E-state index in [1.54, 1.807) is 0 Å². The fourth-order valence-electron chi connectivity index (χ4n) is 6.23. The Morgan fingerprint density at radius 2 is 1.65 bits per heavy atom. The van der Waals surface area contributed by atoms with Crippen molar-refractivity contribution < 1.29 is 18.4 Å². The smallest absolute Gasteiger partial charge is 0.305 e. The molecule has 2 aliphatic rings. The lowest BCUT2D eigenvalue weighted by Crippen LogP contribution is -2.51. The van der Waals surface area contributed by atoms with E-state index in [1.165, 1.54) is 32.8 Å². The third-order valence-electron chi connectivity index (χ3n) is 11.6. The van der Waals surface area contributed by atoms with Gasteiger partial charge in [-0.3, -0.25) is 4.79 Å². The maximum absolute atomic E-state index is 11.5. The first-order valence-electron chi connectivity index (χ1n) is 17.0. The van der Waals surface area contributed by atoms with Crippen LogP contribution in [-0.4, -0.2) is 41.9 Å². The standard InChI is InChI=1S/C36H65NO4Si2/c1-13-36(24-19-25-36)32(41-43(11,12)35(5,6)7)22-18-21-30-29(20-16-14-15-17-23-33(38)39-8)28(27-37)26-31(30)40-42(9,10)34(2,3)4/h14,16,18,21,28-32H,13,15,17,19-20,22-26H2,1-12H3/b16-14-,21-18+/t28-,29-,30+,31+,32?/m0/s1. The van der Waals surface area contributed by atoms with Crippen molar-refractivity contribution in [2.75, 3.05) is 7.11 Å². The van der Waals surface area contributed by atoms with Crippen molar-refractivity contribution >= 4 is 22.6 Å². The first-order valence-corrected chi connectivity index (χ1v) is 22.8. The molecule has 5 nitrogen and oxygen atoms in total. The molecule has 0 amide bonds. The van der Waals surface area contributed by atoms with E-state index in [2.05, 4.69) is 105 Å². The zero-order valence-corrected chi connectivity index (χ0v) is 31.8. The monoisotopic (exact) mass is 631 g/mol. The van der Waals surface area contributed by atoms with E-state index in [1.807, 2.05) is 0 Å². The zero-order chi connectivity index (χ0) is 32.7. The highest BCUT2D eigenvalue weighted by atomic mass is 28.4.